The third-order valence-corrected chi connectivity index (χ3v) is 4.59. The maximum atomic E-state index is 11.9. The molecular formula is C14H21NO4S. The molecule has 5 nitrogen and oxygen atoms in total. The second-order valence-corrected chi connectivity index (χ2v) is 6.50. The lowest BCUT2D eigenvalue weighted by Crippen LogP contribution is -2.27. The summed E-state index contributed by atoms with van der Waals surface area (Å²) in [6, 6.07) is 8.36. The Bertz CT molecular complexity index is 483. The summed E-state index contributed by atoms with van der Waals surface area (Å²) in [5.41, 5.74) is 0. The third kappa shape index (κ3) is 4.86. The van der Waals surface area contributed by atoms with Crippen LogP contribution in [0.1, 0.15) is 25.7 Å². The largest absolute Gasteiger partial charge is 0.353 e. The van der Waals surface area contributed by atoms with Gasteiger partial charge in [-0.05, 0) is 37.8 Å². The van der Waals surface area contributed by atoms with Gasteiger partial charge in [-0.25, -0.2) is 13.1 Å². The normalized spacial score (nSPS) is 19.9. The molecule has 1 atom stereocenters. The Morgan fingerprint density at radius 3 is 2.75 bits per heavy atom. The van der Waals surface area contributed by atoms with Gasteiger partial charge >= 0.3 is 0 Å². The molecule has 0 saturated carbocycles. The molecule has 1 fully saturated rings. The highest BCUT2D eigenvalue weighted by Gasteiger charge is 2.14. The molecule has 1 saturated heterocycles. The Morgan fingerprint density at radius 2 is 2.05 bits per heavy atom. The van der Waals surface area contributed by atoms with Crippen LogP contribution in [0.5, 0.6) is 0 Å². The first kappa shape index (κ1) is 15.4. The summed E-state index contributed by atoms with van der Waals surface area (Å²) < 4.78 is 37.4. The first-order valence-electron chi connectivity index (χ1n) is 6.96. The minimum absolute atomic E-state index is 0.116. The first-order valence-corrected chi connectivity index (χ1v) is 8.45. The van der Waals surface area contributed by atoms with Gasteiger partial charge in [0.15, 0.2) is 6.29 Å². The van der Waals surface area contributed by atoms with Gasteiger partial charge in [0.1, 0.15) is 0 Å². The minimum atomic E-state index is -3.40. The van der Waals surface area contributed by atoms with Gasteiger partial charge in [-0.3, -0.25) is 0 Å². The van der Waals surface area contributed by atoms with Crippen LogP contribution >= 0.6 is 0 Å². The second kappa shape index (κ2) is 7.73. The van der Waals surface area contributed by atoms with Gasteiger partial charge in [0.2, 0.25) is 10.0 Å². The third-order valence-electron chi connectivity index (χ3n) is 3.11. The maximum Gasteiger partial charge on any atom is 0.240 e. The Balaban J connectivity index is 1.65. The molecule has 2 rings (SSSR count). The van der Waals surface area contributed by atoms with Crippen LogP contribution in [0, 0.1) is 0 Å². The number of sulfonamides is 1. The average Bonchev–Trinajstić information content (AvgIpc) is 2.49. The fourth-order valence-electron chi connectivity index (χ4n) is 2.02. The summed E-state index contributed by atoms with van der Waals surface area (Å²) in [4.78, 5) is 0.288. The molecule has 1 heterocycles. The van der Waals surface area contributed by atoms with Crippen LogP contribution in [-0.2, 0) is 19.5 Å². The number of hydrogen-bond acceptors (Lipinski definition) is 4. The van der Waals surface area contributed by atoms with Crippen LogP contribution in [0.25, 0.3) is 0 Å². The fourth-order valence-corrected chi connectivity index (χ4v) is 3.11. The first-order chi connectivity index (χ1) is 9.68. The number of rotatable bonds is 7. The van der Waals surface area contributed by atoms with Crippen LogP contribution in [-0.4, -0.2) is 34.5 Å². The molecule has 0 aromatic heterocycles. The summed E-state index contributed by atoms with van der Waals surface area (Å²) in [6.07, 6.45) is 3.67. The lowest BCUT2D eigenvalue weighted by atomic mass is 10.2. The van der Waals surface area contributed by atoms with Crippen molar-refractivity contribution >= 4 is 10.0 Å². The SMILES string of the molecule is O=S(=O)(NCCCOC1CCCCO1)c1ccccc1. The van der Waals surface area contributed by atoms with Crippen LogP contribution in [0.3, 0.4) is 0 Å². The molecule has 112 valence electrons. The highest BCUT2D eigenvalue weighted by atomic mass is 32.2. The van der Waals surface area contributed by atoms with E-state index in [0.29, 0.717) is 19.6 Å². The van der Waals surface area contributed by atoms with Crippen molar-refractivity contribution in [2.45, 2.75) is 36.9 Å². The predicted octanol–water partition coefficient (Wildman–Crippen LogP) is 1.90. The number of benzene rings is 1. The molecule has 1 aromatic rings. The number of hydrogen-bond donors (Lipinski definition) is 1. The van der Waals surface area contributed by atoms with Gasteiger partial charge in [-0.15, -0.1) is 0 Å². The van der Waals surface area contributed by atoms with Gasteiger partial charge in [-0.2, -0.15) is 0 Å². The lowest BCUT2D eigenvalue weighted by molar-refractivity contribution is -0.162. The highest BCUT2D eigenvalue weighted by molar-refractivity contribution is 7.89. The average molecular weight is 299 g/mol. The van der Waals surface area contributed by atoms with E-state index < -0.39 is 10.0 Å². The van der Waals surface area contributed by atoms with Gasteiger partial charge in [0.05, 0.1) is 11.5 Å². The van der Waals surface area contributed by atoms with Crippen LogP contribution in [0.2, 0.25) is 0 Å². The van der Waals surface area contributed by atoms with Crippen molar-refractivity contribution < 1.29 is 17.9 Å². The Morgan fingerprint density at radius 1 is 1.25 bits per heavy atom. The van der Waals surface area contributed by atoms with E-state index in [-0.39, 0.29) is 11.2 Å². The molecule has 1 N–H and O–H groups in total. The monoisotopic (exact) mass is 299 g/mol. The van der Waals surface area contributed by atoms with Gasteiger partial charge in [0, 0.05) is 13.2 Å². The zero-order chi connectivity index (χ0) is 14.3. The molecular weight excluding hydrogens is 278 g/mol. The molecule has 6 heteroatoms. The summed E-state index contributed by atoms with van der Waals surface area (Å²) in [7, 11) is -3.40. The van der Waals surface area contributed by atoms with Crippen molar-refractivity contribution in [1.82, 2.24) is 4.72 Å². The Hall–Kier alpha value is -0.950. The standard InChI is InChI=1S/C14H21NO4S/c16-20(17,13-7-2-1-3-8-13)15-10-6-12-19-14-9-4-5-11-18-14/h1-3,7-8,14-15H,4-6,9-12H2. The van der Waals surface area contributed by atoms with Gasteiger partial charge in [-0.1, -0.05) is 18.2 Å². The van der Waals surface area contributed by atoms with E-state index in [1.54, 1.807) is 30.3 Å². The molecule has 0 aliphatic carbocycles. The van der Waals surface area contributed by atoms with E-state index >= 15 is 0 Å². The molecule has 0 bridgehead atoms. The van der Waals surface area contributed by atoms with Crippen molar-refractivity contribution in [2.24, 2.45) is 0 Å². The van der Waals surface area contributed by atoms with Crippen molar-refractivity contribution in [1.29, 1.82) is 0 Å². The number of ether oxygens (including phenoxy) is 2. The summed E-state index contributed by atoms with van der Waals surface area (Å²) in [5.74, 6) is 0. The van der Waals surface area contributed by atoms with E-state index in [1.807, 2.05) is 0 Å². The van der Waals surface area contributed by atoms with Crippen molar-refractivity contribution in [2.75, 3.05) is 19.8 Å². The second-order valence-electron chi connectivity index (χ2n) is 4.73. The molecule has 1 aliphatic rings. The summed E-state index contributed by atoms with van der Waals surface area (Å²) >= 11 is 0. The number of nitrogens with one attached hydrogen (secondary N) is 1. The van der Waals surface area contributed by atoms with E-state index in [4.69, 9.17) is 9.47 Å². The van der Waals surface area contributed by atoms with Crippen molar-refractivity contribution in [3.63, 3.8) is 0 Å². The predicted molar refractivity (Wildman–Crippen MR) is 75.8 cm³/mol. The van der Waals surface area contributed by atoms with Crippen molar-refractivity contribution in [3.05, 3.63) is 30.3 Å². The zero-order valence-corrected chi connectivity index (χ0v) is 12.3. The molecule has 1 unspecified atom stereocenters. The van der Waals surface area contributed by atoms with Crippen LogP contribution in [0.15, 0.2) is 35.2 Å². The Kier molecular flexibility index (Phi) is 5.97. The molecule has 0 spiro atoms. The lowest BCUT2D eigenvalue weighted by Gasteiger charge is -2.22. The van der Waals surface area contributed by atoms with E-state index in [0.717, 1.165) is 25.9 Å². The highest BCUT2D eigenvalue weighted by Crippen LogP contribution is 2.13. The maximum absolute atomic E-state index is 11.9. The molecule has 0 radical (unpaired) electrons. The topological polar surface area (TPSA) is 64.6 Å². The molecule has 20 heavy (non-hydrogen) atoms. The van der Waals surface area contributed by atoms with Crippen LogP contribution < -0.4 is 4.72 Å². The van der Waals surface area contributed by atoms with Crippen molar-refractivity contribution in [3.8, 4) is 0 Å². The molecule has 0 amide bonds. The quantitative estimate of drug-likeness (QED) is 0.781. The summed E-state index contributed by atoms with van der Waals surface area (Å²) in [5, 5.41) is 0. The van der Waals surface area contributed by atoms with Crippen LogP contribution in [0.4, 0.5) is 0 Å². The fraction of sp³-hybridized carbons (Fsp3) is 0.571. The van der Waals surface area contributed by atoms with E-state index in [2.05, 4.69) is 4.72 Å². The zero-order valence-electron chi connectivity index (χ0n) is 11.5. The van der Waals surface area contributed by atoms with Gasteiger partial charge < -0.3 is 9.47 Å². The molecule has 1 aliphatic heterocycles. The van der Waals surface area contributed by atoms with Gasteiger partial charge in [0.25, 0.3) is 0 Å². The smallest absolute Gasteiger partial charge is 0.240 e. The van der Waals surface area contributed by atoms with E-state index in [9.17, 15) is 8.42 Å². The summed E-state index contributed by atoms with van der Waals surface area (Å²) in [6.45, 7) is 1.62. The van der Waals surface area contributed by atoms with E-state index in [1.165, 1.54) is 0 Å². The molecule has 1 aromatic carbocycles. The minimum Gasteiger partial charge on any atom is -0.353 e. The Labute approximate surface area is 120 Å².